The molecule has 4 nitrogen and oxygen atoms in total. The third kappa shape index (κ3) is 6.94. The van der Waals surface area contributed by atoms with Crippen molar-refractivity contribution in [3.05, 3.63) is 35.9 Å². The largest absolute Gasteiger partial charge is 0.466 e. The molecule has 0 aromatic heterocycles. The Labute approximate surface area is 142 Å². The lowest BCUT2D eigenvalue weighted by molar-refractivity contribution is -0.150. The van der Waals surface area contributed by atoms with Crippen LogP contribution >= 0.6 is 11.8 Å². The van der Waals surface area contributed by atoms with E-state index in [4.69, 9.17) is 14.2 Å². The maximum atomic E-state index is 12.1. The Morgan fingerprint density at radius 2 is 2.04 bits per heavy atom. The molecule has 1 atom stereocenters. The van der Waals surface area contributed by atoms with Crippen molar-refractivity contribution in [2.24, 2.45) is 5.92 Å². The maximum Gasteiger partial charge on any atom is 0.312 e. The molecule has 1 heterocycles. The topological polar surface area (TPSA) is 44.8 Å². The predicted molar refractivity (Wildman–Crippen MR) is 92.5 cm³/mol. The monoisotopic (exact) mass is 338 g/mol. The Hall–Kier alpha value is -1.04. The Bertz CT molecular complexity index is 446. The molecular weight excluding hydrogens is 312 g/mol. The second-order valence-corrected chi connectivity index (χ2v) is 6.63. The fourth-order valence-corrected chi connectivity index (χ4v) is 3.50. The Morgan fingerprint density at radius 3 is 2.74 bits per heavy atom. The maximum absolute atomic E-state index is 12.1. The molecule has 1 saturated heterocycles. The van der Waals surface area contributed by atoms with Gasteiger partial charge in [0.2, 0.25) is 0 Å². The zero-order valence-electron chi connectivity index (χ0n) is 13.7. The molecule has 2 rings (SSSR count). The first-order valence-electron chi connectivity index (χ1n) is 8.27. The number of carbonyl (C=O) groups is 1. The normalized spacial score (nSPS) is 16.9. The van der Waals surface area contributed by atoms with Gasteiger partial charge in [0, 0.05) is 24.7 Å². The van der Waals surface area contributed by atoms with E-state index >= 15 is 0 Å². The van der Waals surface area contributed by atoms with Gasteiger partial charge in [-0.05, 0) is 25.3 Å². The highest BCUT2D eigenvalue weighted by molar-refractivity contribution is 7.98. The molecule has 1 unspecified atom stereocenters. The van der Waals surface area contributed by atoms with Crippen LogP contribution in [0.5, 0.6) is 0 Å². The first-order chi connectivity index (χ1) is 11.3. The van der Waals surface area contributed by atoms with E-state index in [2.05, 4.69) is 12.1 Å². The van der Waals surface area contributed by atoms with E-state index in [1.165, 1.54) is 5.56 Å². The molecule has 1 fully saturated rings. The molecule has 1 aliphatic rings. The molecule has 0 spiro atoms. The first-order valence-corrected chi connectivity index (χ1v) is 9.42. The molecular formula is C18H26O4S. The standard InChI is InChI=1S/C18H26O4S/c1-2-21-18(19)16(12-22-17-8-10-20-11-9-17)14-23-13-15-6-4-3-5-7-15/h3-7,16-17H,2,8-14H2,1H3. The number of hydrogen-bond donors (Lipinski definition) is 0. The third-order valence-corrected chi connectivity index (χ3v) is 4.93. The zero-order chi connectivity index (χ0) is 16.3. The Morgan fingerprint density at radius 1 is 1.30 bits per heavy atom. The summed E-state index contributed by atoms with van der Waals surface area (Å²) < 4.78 is 16.4. The van der Waals surface area contributed by atoms with Crippen molar-refractivity contribution in [1.29, 1.82) is 0 Å². The van der Waals surface area contributed by atoms with Gasteiger partial charge in [-0.1, -0.05) is 30.3 Å². The lowest BCUT2D eigenvalue weighted by Crippen LogP contribution is -2.30. The van der Waals surface area contributed by atoms with Gasteiger partial charge in [-0.2, -0.15) is 11.8 Å². The van der Waals surface area contributed by atoms with Gasteiger partial charge < -0.3 is 14.2 Å². The van der Waals surface area contributed by atoms with E-state index in [9.17, 15) is 4.79 Å². The summed E-state index contributed by atoms with van der Waals surface area (Å²) in [5.74, 6) is 1.26. The lowest BCUT2D eigenvalue weighted by Gasteiger charge is -2.24. The highest BCUT2D eigenvalue weighted by Crippen LogP contribution is 2.19. The van der Waals surface area contributed by atoms with Crippen LogP contribution in [-0.4, -0.2) is 44.3 Å². The number of ether oxygens (including phenoxy) is 3. The minimum absolute atomic E-state index is 0.153. The van der Waals surface area contributed by atoms with Gasteiger partial charge in [-0.3, -0.25) is 4.79 Å². The smallest absolute Gasteiger partial charge is 0.312 e. The molecule has 1 aromatic carbocycles. The van der Waals surface area contributed by atoms with Crippen molar-refractivity contribution in [3.63, 3.8) is 0 Å². The summed E-state index contributed by atoms with van der Waals surface area (Å²) in [7, 11) is 0. The van der Waals surface area contributed by atoms with Gasteiger partial charge in [0.15, 0.2) is 0 Å². The van der Waals surface area contributed by atoms with Crippen LogP contribution in [-0.2, 0) is 24.8 Å². The summed E-state index contributed by atoms with van der Waals surface area (Å²) in [6, 6.07) is 10.3. The highest BCUT2D eigenvalue weighted by atomic mass is 32.2. The van der Waals surface area contributed by atoms with Gasteiger partial charge >= 0.3 is 5.97 Å². The van der Waals surface area contributed by atoms with E-state index in [0.717, 1.165) is 37.6 Å². The molecule has 128 valence electrons. The van der Waals surface area contributed by atoms with Gasteiger partial charge in [0.1, 0.15) is 0 Å². The quantitative estimate of drug-likeness (QED) is 0.647. The molecule has 0 radical (unpaired) electrons. The predicted octanol–water partition coefficient (Wildman–Crippen LogP) is 3.29. The second-order valence-electron chi connectivity index (χ2n) is 5.59. The van der Waals surface area contributed by atoms with Crippen LogP contribution in [0, 0.1) is 5.92 Å². The van der Waals surface area contributed by atoms with Crippen LogP contribution in [0.3, 0.4) is 0 Å². The third-order valence-electron chi connectivity index (χ3n) is 3.75. The lowest BCUT2D eigenvalue weighted by atomic mass is 10.1. The van der Waals surface area contributed by atoms with Crippen molar-refractivity contribution < 1.29 is 19.0 Å². The SMILES string of the molecule is CCOC(=O)C(COC1CCOCC1)CSCc1ccccc1. The summed E-state index contributed by atoms with van der Waals surface area (Å²) in [5.41, 5.74) is 1.27. The highest BCUT2D eigenvalue weighted by Gasteiger charge is 2.23. The van der Waals surface area contributed by atoms with E-state index in [1.807, 2.05) is 25.1 Å². The van der Waals surface area contributed by atoms with Gasteiger partial charge in [-0.25, -0.2) is 0 Å². The summed E-state index contributed by atoms with van der Waals surface area (Å²) in [4.78, 5) is 12.1. The molecule has 0 aliphatic carbocycles. The van der Waals surface area contributed by atoms with Crippen LogP contribution in [0.1, 0.15) is 25.3 Å². The summed E-state index contributed by atoms with van der Waals surface area (Å²) >= 11 is 1.75. The average Bonchev–Trinajstić information content (AvgIpc) is 2.60. The number of thioether (sulfide) groups is 1. The van der Waals surface area contributed by atoms with Crippen LogP contribution < -0.4 is 0 Å². The summed E-state index contributed by atoms with van der Waals surface area (Å²) in [5, 5.41) is 0. The van der Waals surface area contributed by atoms with Crippen LogP contribution in [0.2, 0.25) is 0 Å². The second kappa shape index (κ2) is 10.7. The van der Waals surface area contributed by atoms with E-state index < -0.39 is 0 Å². The Balaban J connectivity index is 1.77. The van der Waals surface area contributed by atoms with Gasteiger partial charge in [0.25, 0.3) is 0 Å². The van der Waals surface area contributed by atoms with Crippen LogP contribution in [0.25, 0.3) is 0 Å². The van der Waals surface area contributed by atoms with E-state index in [1.54, 1.807) is 11.8 Å². The molecule has 1 aliphatic heterocycles. The summed E-state index contributed by atoms with van der Waals surface area (Å²) in [6.07, 6.45) is 2.03. The van der Waals surface area contributed by atoms with Crippen molar-refractivity contribution in [2.45, 2.75) is 31.6 Å². The Kier molecular flexibility index (Phi) is 8.50. The van der Waals surface area contributed by atoms with Crippen molar-refractivity contribution in [2.75, 3.05) is 32.2 Å². The van der Waals surface area contributed by atoms with Crippen molar-refractivity contribution >= 4 is 17.7 Å². The minimum Gasteiger partial charge on any atom is -0.466 e. The van der Waals surface area contributed by atoms with Crippen LogP contribution in [0.4, 0.5) is 0 Å². The first kappa shape index (κ1) is 18.3. The number of carbonyl (C=O) groups excluding carboxylic acids is 1. The van der Waals surface area contributed by atoms with Crippen LogP contribution in [0.15, 0.2) is 30.3 Å². The molecule has 0 saturated carbocycles. The average molecular weight is 338 g/mol. The van der Waals surface area contributed by atoms with Crippen molar-refractivity contribution in [3.8, 4) is 0 Å². The van der Waals surface area contributed by atoms with E-state index in [0.29, 0.717) is 13.2 Å². The number of hydrogen-bond acceptors (Lipinski definition) is 5. The molecule has 23 heavy (non-hydrogen) atoms. The minimum atomic E-state index is -0.202. The fraction of sp³-hybridized carbons (Fsp3) is 0.611. The van der Waals surface area contributed by atoms with Gasteiger partial charge in [-0.15, -0.1) is 0 Å². The van der Waals surface area contributed by atoms with Crippen molar-refractivity contribution in [1.82, 2.24) is 0 Å². The molecule has 1 aromatic rings. The number of benzene rings is 1. The van der Waals surface area contributed by atoms with Gasteiger partial charge in [0.05, 0.1) is 25.2 Å². The number of rotatable bonds is 9. The number of esters is 1. The molecule has 0 amide bonds. The molecule has 0 bridgehead atoms. The zero-order valence-corrected chi connectivity index (χ0v) is 14.6. The summed E-state index contributed by atoms with van der Waals surface area (Å²) in [6.45, 7) is 4.18. The van der Waals surface area contributed by atoms with E-state index in [-0.39, 0.29) is 18.0 Å². The molecule has 0 N–H and O–H groups in total. The molecule has 5 heteroatoms. The fourth-order valence-electron chi connectivity index (χ4n) is 2.43.